The summed E-state index contributed by atoms with van der Waals surface area (Å²) in [5.74, 6) is 6.69. The maximum absolute atomic E-state index is 5.99. The van der Waals surface area contributed by atoms with Crippen LogP contribution < -0.4 is 11.3 Å². The van der Waals surface area contributed by atoms with Gasteiger partial charge in [0.2, 0.25) is 0 Å². The molecule has 1 atom stereocenters. The lowest BCUT2D eigenvalue weighted by atomic mass is 9.74. The molecular weight excluding hydrogens is 332 g/mol. The van der Waals surface area contributed by atoms with Gasteiger partial charge in [-0.1, -0.05) is 13.8 Å². The zero-order valence-corrected chi connectivity index (χ0v) is 14.8. The van der Waals surface area contributed by atoms with Crippen LogP contribution in [0.1, 0.15) is 57.7 Å². The van der Waals surface area contributed by atoms with E-state index in [0.717, 1.165) is 41.9 Å². The highest BCUT2D eigenvalue weighted by molar-refractivity contribution is 9.10. The number of aromatic nitrogens is 2. The molecule has 3 N–H and O–H groups in total. The fraction of sp³-hybridized carbons (Fsp3) is 0.800. The molecule has 1 fully saturated rings. The van der Waals surface area contributed by atoms with E-state index in [-0.39, 0.29) is 11.6 Å². The topological polar surface area (TPSA) is 65.1 Å². The average molecular weight is 359 g/mol. The van der Waals surface area contributed by atoms with Gasteiger partial charge in [-0.2, -0.15) is 5.10 Å². The summed E-state index contributed by atoms with van der Waals surface area (Å²) >= 11 is 3.63. The van der Waals surface area contributed by atoms with Crippen LogP contribution in [-0.4, -0.2) is 22.5 Å². The van der Waals surface area contributed by atoms with Gasteiger partial charge in [-0.05, 0) is 54.0 Å². The van der Waals surface area contributed by atoms with E-state index in [1.165, 1.54) is 12.8 Å². The molecule has 1 aliphatic rings. The maximum Gasteiger partial charge on any atom is 0.0929 e. The van der Waals surface area contributed by atoms with Gasteiger partial charge in [-0.15, -0.1) is 0 Å². The summed E-state index contributed by atoms with van der Waals surface area (Å²) in [5.41, 5.74) is 3.84. The van der Waals surface area contributed by atoms with Gasteiger partial charge >= 0.3 is 0 Å². The lowest BCUT2D eigenvalue weighted by molar-refractivity contribution is -0.0781. The summed E-state index contributed by atoms with van der Waals surface area (Å²) in [6.45, 7) is 5.34. The minimum Gasteiger partial charge on any atom is -0.376 e. The first kappa shape index (κ1) is 16.9. The number of halogens is 1. The van der Waals surface area contributed by atoms with Crippen LogP contribution in [0.4, 0.5) is 0 Å². The lowest BCUT2D eigenvalue weighted by Crippen LogP contribution is -2.50. The zero-order chi connectivity index (χ0) is 15.5. The monoisotopic (exact) mass is 358 g/mol. The van der Waals surface area contributed by atoms with Crippen molar-refractivity contribution in [3.05, 3.63) is 16.4 Å². The van der Waals surface area contributed by atoms with Gasteiger partial charge in [0.25, 0.3) is 0 Å². The summed E-state index contributed by atoms with van der Waals surface area (Å²) in [7, 11) is 1.80. The van der Waals surface area contributed by atoms with Crippen molar-refractivity contribution in [3.63, 3.8) is 0 Å². The number of hydrogen-bond acceptors (Lipinski definition) is 4. The number of hydrazine groups is 1. The minimum atomic E-state index is -0.255. The van der Waals surface area contributed by atoms with Crippen molar-refractivity contribution in [1.82, 2.24) is 15.2 Å². The molecule has 0 aliphatic heterocycles. The number of nitrogens with one attached hydrogen (secondary N) is 1. The lowest BCUT2D eigenvalue weighted by Gasteiger charge is -2.43. The minimum absolute atomic E-state index is 0.0570. The Morgan fingerprint density at radius 2 is 2.24 bits per heavy atom. The van der Waals surface area contributed by atoms with Crippen molar-refractivity contribution < 1.29 is 4.74 Å². The molecule has 0 aromatic carbocycles. The summed E-state index contributed by atoms with van der Waals surface area (Å²) in [5, 5.41) is 4.47. The van der Waals surface area contributed by atoms with Crippen LogP contribution >= 0.6 is 15.9 Å². The molecule has 1 aromatic heterocycles. The van der Waals surface area contributed by atoms with Crippen molar-refractivity contribution in [2.75, 3.05) is 7.11 Å². The van der Waals surface area contributed by atoms with Crippen LogP contribution in [-0.2, 0) is 11.3 Å². The highest BCUT2D eigenvalue weighted by Crippen LogP contribution is 2.44. The van der Waals surface area contributed by atoms with Gasteiger partial charge in [-0.3, -0.25) is 10.5 Å². The third-order valence-corrected chi connectivity index (χ3v) is 5.37. The molecule has 5 nitrogen and oxygen atoms in total. The Balaban J connectivity index is 2.35. The molecule has 1 saturated carbocycles. The Labute approximate surface area is 135 Å². The molecule has 1 unspecified atom stereocenters. The largest absolute Gasteiger partial charge is 0.376 e. The molecule has 0 radical (unpaired) electrons. The number of ether oxygens (including phenoxy) is 1. The summed E-state index contributed by atoms with van der Waals surface area (Å²) < 4.78 is 9.02. The molecule has 120 valence electrons. The average Bonchev–Trinajstić information content (AvgIpc) is 2.84. The number of nitrogens with two attached hydrogens (primary N) is 1. The number of rotatable bonds is 6. The zero-order valence-electron chi connectivity index (χ0n) is 13.2. The predicted molar refractivity (Wildman–Crippen MR) is 87.7 cm³/mol. The maximum atomic E-state index is 5.99. The second-order valence-electron chi connectivity index (χ2n) is 6.15. The summed E-state index contributed by atoms with van der Waals surface area (Å²) in [6.07, 6.45) is 7.27. The Kier molecular flexibility index (Phi) is 5.82. The van der Waals surface area contributed by atoms with Crippen molar-refractivity contribution in [2.24, 2.45) is 11.8 Å². The molecular formula is C15H27BrN4O. The van der Waals surface area contributed by atoms with E-state index < -0.39 is 0 Å². The molecule has 2 rings (SSSR count). The van der Waals surface area contributed by atoms with Gasteiger partial charge in [-0.25, -0.2) is 5.43 Å². The molecule has 0 saturated heterocycles. The predicted octanol–water partition coefficient (Wildman–Crippen LogP) is 3.16. The van der Waals surface area contributed by atoms with Crippen LogP contribution in [0, 0.1) is 5.92 Å². The third kappa shape index (κ3) is 3.33. The highest BCUT2D eigenvalue weighted by atomic mass is 79.9. The molecule has 1 aliphatic carbocycles. The first-order valence-corrected chi connectivity index (χ1v) is 8.59. The second-order valence-corrected chi connectivity index (χ2v) is 7.01. The van der Waals surface area contributed by atoms with Gasteiger partial charge in [0.05, 0.1) is 28.0 Å². The first-order chi connectivity index (χ1) is 10.1. The van der Waals surface area contributed by atoms with Crippen molar-refractivity contribution in [3.8, 4) is 0 Å². The molecule has 1 heterocycles. The van der Waals surface area contributed by atoms with Gasteiger partial charge in [0.1, 0.15) is 0 Å². The third-order valence-electron chi connectivity index (χ3n) is 4.76. The van der Waals surface area contributed by atoms with Crippen molar-refractivity contribution >= 4 is 15.9 Å². The van der Waals surface area contributed by atoms with Crippen molar-refractivity contribution in [1.29, 1.82) is 0 Å². The van der Waals surface area contributed by atoms with Crippen LogP contribution in [0.5, 0.6) is 0 Å². The number of hydrogen-bond donors (Lipinski definition) is 2. The van der Waals surface area contributed by atoms with Gasteiger partial charge < -0.3 is 4.74 Å². The molecule has 6 heteroatoms. The Morgan fingerprint density at radius 1 is 1.57 bits per heavy atom. The van der Waals surface area contributed by atoms with E-state index in [4.69, 9.17) is 10.6 Å². The second kappa shape index (κ2) is 7.22. The van der Waals surface area contributed by atoms with E-state index >= 15 is 0 Å². The van der Waals surface area contributed by atoms with Gasteiger partial charge in [0.15, 0.2) is 0 Å². The number of nitrogens with zero attached hydrogens (tertiary/aromatic N) is 2. The fourth-order valence-electron chi connectivity index (χ4n) is 3.39. The van der Waals surface area contributed by atoms with Crippen LogP contribution in [0.3, 0.4) is 0 Å². The number of methoxy groups -OCH3 is 1. The fourth-order valence-corrected chi connectivity index (χ4v) is 3.92. The van der Waals surface area contributed by atoms with Gasteiger partial charge in [0, 0.05) is 13.7 Å². The van der Waals surface area contributed by atoms with E-state index in [0.29, 0.717) is 0 Å². The number of aryl methyl sites for hydroxylation is 1. The molecule has 1 aromatic rings. The quantitative estimate of drug-likeness (QED) is 0.605. The molecule has 0 spiro atoms. The molecule has 0 bridgehead atoms. The Bertz CT molecular complexity index is 455. The normalized spacial score (nSPS) is 27.8. The summed E-state index contributed by atoms with van der Waals surface area (Å²) in [4.78, 5) is 0. The standard InChI is InChI=1S/C15H27BrN4O/c1-4-9-20-13(12(16)10-18-20)14(19-17)15(21-3)7-5-11(2)6-8-15/h10-11,14,19H,4-9,17H2,1-3H3. The highest BCUT2D eigenvalue weighted by Gasteiger charge is 2.44. The SMILES string of the molecule is CCCn1ncc(Br)c1C(NN)C1(OC)CCC(C)CC1. The van der Waals surface area contributed by atoms with E-state index in [9.17, 15) is 0 Å². The van der Waals surface area contributed by atoms with Crippen molar-refractivity contribution in [2.45, 2.75) is 64.1 Å². The first-order valence-electron chi connectivity index (χ1n) is 7.80. The smallest absolute Gasteiger partial charge is 0.0929 e. The molecule has 21 heavy (non-hydrogen) atoms. The van der Waals surface area contributed by atoms with Crippen LogP contribution in [0.15, 0.2) is 10.7 Å². The van der Waals surface area contributed by atoms with E-state index in [2.05, 4.69) is 40.3 Å². The molecule has 0 amide bonds. The van der Waals surface area contributed by atoms with Crippen LogP contribution in [0.25, 0.3) is 0 Å². The summed E-state index contributed by atoms with van der Waals surface area (Å²) in [6, 6.07) is -0.0570. The van der Waals surface area contributed by atoms with E-state index in [1.807, 2.05) is 10.9 Å². The van der Waals surface area contributed by atoms with E-state index in [1.54, 1.807) is 7.11 Å². The Morgan fingerprint density at radius 3 is 2.76 bits per heavy atom. The van der Waals surface area contributed by atoms with Crippen LogP contribution in [0.2, 0.25) is 0 Å². The Hall–Kier alpha value is -0.430.